The Balaban J connectivity index is 2.01. The van der Waals surface area contributed by atoms with Gasteiger partial charge in [-0.2, -0.15) is 5.10 Å². The Morgan fingerprint density at radius 3 is 2.57 bits per heavy atom. The summed E-state index contributed by atoms with van der Waals surface area (Å²) in [5.74, 6) is -0.713. The Hall–Kier alpha value is -1.36. The summed E-state index contributed by atoms with van der Waals surface area (Å²) in [6.45, 7) is 7.03. The van der Waals surface area contributed by atoms with Gasteiger partial charge in [-0.05, 0) is 33.6 Å². The van der Waals surface area contributed by atoms with Crippen LogP contribution in [0.3, 0.4) is 0 Å². The molecule has 0 aliphatic heterocycles. The van der Waals surface area contributed by atoms with Crippen molar-refractivity contribution in [3.63, 3.8) is 0 Å². The van der Waals surface area contributed by atoms with Crippen molar-refractivity contribution in [2.45, 2.75) is 76.9 Å². The van der Waals surface area contributed by atoms with Crippen molar-refractivity contribution in [1.29, 1.82) is 0 Å². The van der Waals surface area contributed by atoms with Crippen LogP contribution in [-0.2, 0) is 16.9 Å². The van der Waals surface area contributed by atoms with E-state index in [0.29, 0.717) is 6.54 Å². The summed E-state index contributed by atoms with van der Waals surface area (Å²) in [6, 6.07) is 0. The summed E-state index contributed by atoms with van der Waals surface area (Å²) < 4.78 is 1.95. The standard InChI is InChI=1S/C16H27N3O2/c1-15(2,3)19-12-13(11-18-19)10-17-16(9-14(20)21)7-5-4-6-8-16/h11-12,17H,4-10H2,1-3H3,(H,20,21). The topological polar surface area (TPSA) is 67.2 Å². The third-order valence-corrected chi connectivity index (χ3v) is 4.29. The molecule has 1 aliphatic rings. The molecule has 5 nitrogen and oxygen atoms in total. The molecule has 0 atom stereocenters. The van der Waals surface area contributed by atoms with Gasteiger partial charge in [0.05, 0.1) is 18.2 Å². The molecular weight excluding hydrogens is 266 g/mol. The van der Waals surface area contributed by atoms with Crippen LogP contribution in [0.5, 0.6) is 0 Å². The fourth-order valence-electron chi connectivity index (χ4n) is 3.04. The molecule has 21 heavy (non-hydrogen) atoms. The number of nitrogens with zero attached hydrogens (tertiary/aromatic N) is 2. The molecular formula is C16H27N3O2. The Morgan fingerprint density at radius 1 is 1.38 bits per heavy atom. The van der Waals surface area contributed by atoms with Crippen molar-refractivity contribution < 1.29 is 9.90 Å². The fourth-order valence-corrected chi connectivity index (χ4v) is 3.04. The van der Waals surface area contributed by atoms with Gasteiger partial charge in [-0.15, -0.1) is 0 Å². The Bertz CT molecular complexity index is 482. The highest BCUT2D eigenvalue weighted by Gasteiger charge is 2.33. The molecule has 1 aliphatic carbocycles. The van der Waals surface area contributed by atoms with E-state index in [9.17, 15) is 9.90 Å². The normalized spacial score (nSPS) is 18.6. The third kappa shape index (κ3) is 4.30. The van der Waals surface area contributed by atoms with E-state index < -0.39 is 5.97 Å². The summed E-state index contributed by atoms with van der Waals surface area (Å²) in [5.41, 5.74) is 0.843. The second-order valence-electron chi connectivity index (χ2n) is 7.23. The summed E-state index contributed by atoms with van der Waals surface area (Å²) in [7, 11) is 0. The molecule has 2 rings (SSSR count). The Morgan fingerprint density at radius 2 is 2.05 bits per heavy atom. The highest BCUT2D eigenvalue weighted by molar-refractivity contribution is 5.68. The van der Waals surface area contributed by atoms with Crippen LogP contribution in [-0.4, -0.2) is 26.4 Å². The number of nitrogens with one attached hydrogen (secondary N) is 1. The molecule has 0 saturated heterocycles. The summed E-state index contributed by atoms with van der Waals surface area (Å²) >= 11 is 0. The average Bonchev–Trinajstić information content (AvgIpc) is 2.85. The first kappa shape index (κ1) is 16.0. The van der Waals surface area contributed by atoms with Gasteiger partial charge in [0.2, 0.25) is 0 Å². The van der Waals surface area contributed by atoms with E-state index in [2.05, 4.69) is 31.2 Å². The van der Waals surface area contributed by atoms with E-state index in [-0.39, 0.29) is 17.5 Å². The molecule has 1 aromatic heterocycles. The molecule has 5 heteroatoms. The fraction of sp³-hybridized carbons (Fsp3) is 0.750. The molecule has 0 amide bonds. The highest BCUT2D eigenvalue weighted by Crippen LogP contribution is 2.31. The molecule has 0 unspecified atom stereocenters. The van der Waals surface area contributed by atoms with Gasteiger partial charge in [0, 0.05) is 23.8 Å². The lowest BCUT2D eigenvalue weighted by molar-refractivity contribution is -0.139. The molecule has 1 heterocycles. The van der Waals surface area contributed by atoms with Crippen LogP contribution >= 0.6 is 0 Å². The number of hydrogen-bond acceptors (Lipinski definition) is 3. The molecule has 0 bridgehead atoms. The smallest absolute Gasteiger partial charge is 0.305 e. The van der Waals surface area contributed by atoms with Crippen molar-refractivity contribution in [3.8, 4) is 0 Å². The van der Waals surface area contributed by atoms with Gasteiger partial charge in [-0.1, -0.05) is 19.3 Å². The summed E-state index contributed by atoms with van der Waals surface area (Å²) in [4.78, 5) is 11.2. The molecule has 118 valence electrons. The van der Waals surface area contributed by atoms with E-state index in [1.165, 1.54) is 6.42 Å². The summed E-state index contributed by atoms with van der Waals surface area (Å²) in [5, 5.41) is 17.1. The van der Waals surface area contributed by atoms with Crippen LogP contribution in [0.15, 0.2) is 12.4 Å². The molecule has 1 saturated carbocycles. The third-order valence-electron chi connectivity index (χ3n) is 4.29. The van der Waals surface area contributed by atoms with Crippen LogP contribution in [0.1, 0.15) is 64.9 Å². The van der Waals surface area contributed by atoms with Crippen LogP contribution in [0.25, 0.3) is 0 Å². The van der Waals surface area contributed by atoms with Crippen molar-refractivity contribution >= 4 is 5.97 Å². The summed E-state index contributed by atoms with van der Waals surface area (Å²) in [6.07, 6.45) is 9.47. The average molecular weight is 293 g/mol. The van der Waals surface area contributed by atoms with Gasteiger partial charge in [0.25, 0.3) is 0 Å². The second kappa shape index (κ2) is 6.18. The minimum atomic E-state index is -0.713. The molecule has 0 spiro atoms. The van der Waals surface area contributed by atoms with Crippen LogP contribution in [0, 0.1) is 0 Å². The first-order valence-corrected chi connectivity index (χ1v) is 7.82. The number of carboxylic acids is 1. The lowest BCUT2D eigenvalue weighted by Gasteiger charge is -2.37. The van der Waals surface area contributed by atoms with Crippen molar-refractivity contribution in [2.24, 2.45) is 0 Å². The largest absolute Gasteiger partial charge is 0.481 e. The maximum absolute atomic E-state index is 11.2. The lowest BCUT2D eigenvalue weighted by Crippen LogP contribution is -2.47. The van der Waals surface area contributed by atoms with Gasteiger partial charge >= 0.3 is 5.97 Å². The predicted octanol–water partition coefficient (Wildman–Crippen LogP) is 2.91. The molecule has 1 fully saturated rings. The maximum atomic E-state index is 11.2. The van der Waals surface area contributed by atoms with E-state index in [1.54, 1.807) is 0 Å². The zero-order chi connectivity index (χ0) is 15.5. The van der Waals surface area contributed by atoms with Crippen molar-refractivity contribution in [3.05, 3.63) is 18.0 Å². The van der Waals surface area contributed by atoms with Crippen LogP contribution in [0.2, 0.25) is 0 Å². The van der Waals surface area contributed by atoms with Gasteiger partial charge in [-0.25, -0.2) is 0 Å². The first-order valence-electron chi connectivity index (χ1n) is 7.82. The quantitative estimate of drug-likeness (QED) is 0.876. The van der Waals surface area contributed by atoms with E-state index >= 15 is 0 Å². The van der Waals surface area contributed by atoms with Gasteiger partial charge in [0.15, 0.2) is 0 Å². The number of carboxylic acid groups (broad SMARTS) is 1. The number of rotatable bonds is 5. The number of carbonyl (C=O) groups is 1. The van der Waals surface area contributed by atoms with Crippen molar-refractivity contribution in [1.82, 2.24) is 15.1 Å². The number of aliphatic carboxylic acids is 1. The number of aromatic nitrogens is 2. The number of hydrogen-bond donors (Lipinski definition) is 2. The Labute approximate surface area is 126 Å². The zero-order valence-electron chi connectivity index (χ0n) is 13.4. The Kier molecular flexibility index (Phi) is 4.71. The molecule has 1 aromatic rings. The molecule has 0 aromatic carbocycles. The monoisotopic (exact) mass is 293 g/mol. The van der Waals surface area contributed by atoms with E-state index in [1.807, 2.05) is 17.1 Å². The van der Waals surface area contributed by atoms with Gasteiger partial charge in [-0.3, -0.25) is 9.48 Å². The van der Waals surface area contributed by atoms with Gasteiger partial charge < -0.3 is 10.4 Å². The SMILES string of the molecule is CC(C)(C)n1cc(CNC2(CC(=O)O)CCCCC2)cn1. The highest BCUT2D eigenvalue weighted by atomic mass is 16.4. The van der Waals surface area contributed by atoms with Crippen LogP contribution in [0.4, 0.5) is 0 Å². The zero-order valence-corrected chi connectivity index (χ0v) is 13.4. The minimum Gasteiger partial charge on any atom is -0.481 e. The van der Waals surface area contributed by atoms with Crippen LogP contribution < -0.4 is 5.32 Å². The predicted molar refractivity (Wildman–Crippen MR) is 82.1 cm³/mol. The first-order chi connectivity index (χ1) is 9.81. The minimum absolute atomic E-state index is 0.0260. The maximum Gasteiger partial charge on any atom is 0.305 e. The van der Waals surface area contributed by atoms with Crippen molar-refractivity contribution in [2.75, 3.05) is 0 Å². The molecule has 2 N–H and O–H groups in total. The van der Waals surface area contributed by atoms with E-state index in [4.69, 9.17) is 0 Å². The van der Waals surface area contributed by atoms with Gasteiger partial charge in [0.1, 0.15) is 0 Å². The van der Waals surface area contributed by atoms with E-state index in [0.717, 1.165) is 31.2 Å². The second-order valence-corrected chi connectivity index (χ2v) is 7.23. The lowest BCUT2D eigenvalue weighted by atomic mass is 9.79. The molecule has 0 radical (unpaired) electrons.